The fraction of sp³-hybridized carbons (Fsp3) is 0.733. The van der Waals surface area contributed by atoms with Crippen LogP contribution in [0.4, 0.5) is 5.69 Å². The molecule has 120 valence electrons. The topological polar surface area (TPSA) is 67.2 Å². The summed E-state index contributed by atoms with van der Waals surface area (Å²) in [5, 5.41) is 16.8. The first kappa shape index (κ1) is 18.2. The molecule has 1 rings (SSSR count). The van der Waals surface area contributed by atoms with Crippen LogP contribution in [0, 0.1) is 11.3 Å². The normalized spacial score (nSPS) is 13.5. The van der Waals surface area contributed by atoms with Gasteiger partial charge in [0.2, 0.25) is 0 Å². The van der Waals surface area contributed by atoms with E-state index in [1.54, 1.807) is 6.20 Å². The second-order valence-corrected chi connectivity index (χ2v) is 7.62. The fourth-order valence-electron chi connectivity index (χ4n) is 2.08. The van der Waals surface area contributed by atoms with Crippen molar-refractivity contribution in [1.82, 2.24) is 9.78 Å². The van der Waals surface area contributed by atoms with E-state index in [-0.39, 0.29) is 23.6 Å². The molecule has 0 aliphatic rings. The Kier molecular flexibility index (Phi) is 6.41. The van der Waals surface area contributed by atoms with Gasteiger partial charge >= 0.3 is 0 Å². The second kappa shape index (κ2) is 7.40. The van der Waals surface area contributed by atoms with Gasteiger partial charge in [-0.15, -0.1) is 0 Å². The smallest absolute Gasteiger partial charge is 0.283 e. The maximum Gasteiger partial charge on any atom is 0.283 e. The third-order valence-corrected chi connectivity index (χ3v) is 4.08. The number of nitrogens with one attached hydrogen (secondary N) is 1. The van der Waals surface area contributed by atoms with Crippen LogP contribution in [-0.4, -0.2) is 27.5 Å². The maximum atomic E-state index is 12.3. The van der Waals surface area contributed by atoms with Crippen LogP contribution in [0.15, 0.2) is 15.5 Å². The number of halogens is 1. The molecule has 0 saturated carbocycles. The first-order chi connectivity index (χ1) is 9.66. The molecular formula is C15H26BrN3O2. The lowest BCUT2D eigenvalue weighted by Crippen LogP contribution is -2.36. The number of aliphatic hydroxyl groups excluding tert-OH is 1. The molecule has 0 aliphatic heterocycles. The Hall–Kier alpha value is -0.880. The van der Waals surface area contributed by atoms with Gasteiger partial charge in [0, 0.05) is 19.2 Å². The SMILES string of the molecule is CC(C)Cn1ncc(NC(CCO)C(C)(C)C)c(Br)c1=O. The Balaban J connectivity index is 3.04. The van der Waals surface area contributed by atoms with E-state index in [2.05, 4.69) is 47.1 Å². The second-order valence-electron chi connectivity index (χ2n) is 6.83. The summed E-state index contributed by atoms with van der Waals surface area (Å²) in [5.41, 5.74) is 0.508. The van der Waals surface area contributed by atoms with Crippen LogP contribution in [0.1, 0.15) is 41.0 Å². The molecule has 1 aromatic rings. The van der Waals surface area contributed by atoms with Crippen molar-refractivity contribution in [3.8, 4) is 0 Å². The number of hydrogen-bond donors (Lipinski definition) is 2. The van der Waals surface area contributed by atoms with Crippen molar-refractivity contribution in [2.75, 3.05) is 11.9 Å². The van der Waals surface area contributed by atoms with Crippen molar-refractivity contribution in [3.63, 3.8) is 0 Å². The Morgan fingerprint density at radius 3 is 2.52 bits per heavy atom. The molecule has 0 fully saturated rings. The van der Waals surface area contributed by atoms with Crippen molar-refractivity contribution >= 4 is 21.6 Å². The van der Waals surface area contributed by atoms with Gasteiger partial charge in [0.05, 0.1) is 11.9 Å². The zero-order chi connectivity index (χ0) is 16.2. The predicted octanol–water partition coefficient (Wildman–Crippen LogP) is 2.87. The summed E-state index contributed by atoms with van der Waals surface area (Å²) in [6.45, 7) is 11.1. The van der Waals surface area contributed by atoms with Crippen LogP contribution in [0.3, 0.4) is 0 Å². The molecule has 0 amide bonds. The molecular weight excluding hydrogens is 334 g/mol. The largest absolute Gasteiger partial charge is 0.396 e. The molecule has 1 heterocycles. The summed E-state index contributed by atoms with van der Waals surface area (Å²) >= 11 is 3.37. The van der Waals surface area contributed by atoms with E-state index in [9.17, 15) is 9.90 Å². The lowest BCUT2D eigenvalue weighted by atomic mass is 9.85. The van der Waals surface area contributed by atoms with E-state index in [4.69, 9.17) is 0 Å². The van der Waals surface area contributed by atoms with Crippen LogP contribution in [0.5, 0.6) is 0 Å². The van der Waals surface area contributed by atoms with Crippen LogP contribution < -0.4 is 10.9 Å². The fourth-order valence-corrected chi connectivity index (χ4v) is 2.50. The van der Waals surface area contributed by atoms with Crippen molar-refractivity contribution in [1.29, 1.82) is 0 Å². The average molecular weight is 360 g/mol. The molecule has 1 unspecified atom stereocenters. The highest BCUT2D eigenvalue weighted by molar-refractivity contribution is 9.10. The number of aliphatic hydroxyl groups is 1. The van der Waals surface area contributed by atoms with E-state index in [0.29, 0.717) is 29.0 Å². The van der Waals surface area contributed by atoms with E-state index in [1.165, 1.54) is 4.68 Å². The minimum absolute atomic E-state index is 0.0328. The first-order valence-corrected chi connectivity index (χ1v) is 8.09. The highest BCUT2D eigenvalue weighted by atomic mass is 79.9. The average Bonchev–Trinajstić information content (AvgIpc) is 2.35. The molecule has 1 aromatic heterocycles. The predicted molar refractivity (Wildman–Crippen MR) is 89.6 cm³/mol. The van der Waals surface area contributed by atoms with Crippen molar-refractivity contribution in [2.45, 2.75) is 53.6 Å². The highest BCUT2D eigenvalue weighted by Gasteiger charge is 2.25. The lowest BCUT2D eigenvalue weighted by Gasteiger charge is -2.32. The van der Waals surface area contributed by atoms with Crippen LogP contribution in [0.2, 0.25) is 0 Å². The molecule has 0 spiro atoms. The standard InChI is InChI=1S/C15H26BrN3O2/c1-10(2)9-19-14(21)13(16)11(8-17-19)18-12(6-7-20)15(3,4)5/h8,10,12,18,20H,6-7,9H2,1-5H3. The molecule has 21 heavy (non-hydrogen) atoms. The molecule has 6 heteroatoms. The van der Waals surface area contributed by atoms with Gasteiger partial charge in [0.1, 0.15) is 4.47 Å². The van der Waals surface area contributed by atoms with Gasteiger partial charge in [0.15, 0.2) is 0 Å². The zero-order valence-electron chi connectivity index (χ0n) is 13.5. The number of rotatable bonds is 6. The van der Waals surface area contributed by atoms with Crippen molar-refractivity contribution in [3.05, 3.63) is 21.0 Å². The van der Waals surface area contributed by atoms with E-state index in [1.807, 2.05) is 13.8 Å². The van der Waals surface area contributed by atoms with Gasteiger partial charge in [-0.1, -0.05) is 34.6 Å². The molecule has 0 aromatic carbocycles. The summed E-state index contributed by atoms with van der Waals surface area (Å²) in [4.78, 5) is 12.3. The summed E-state index contributed by atoms with van der Waals surface area (Å²) in [7, 11) is 0. The van der Waals surface area contributed by atoms with Crippen LogP contribution >= 0.6 is 15.9 Å². The van der Waals surface area contributed by atoms with Crippen molar-refractivity contribution in [2.24, 2.45) is 11.3 Å². The Morgan fingerprint density at radius 2 is 2.05 bits per heavy atom. The van der Waals surface area contributed by atoms with Gasteiger partial charge in [-0.2, -0.15) is 5.10 Å². The van der Waals surface area contributed by atoms with Gasteiger partial charge in [0.25, 0.3) is 5.56 Å². The first-order valence-electron chi connectivity index (χ1n) is 7.29. The molecule has 0 aliphatic carbocycles. The minimum atomic E-state index is -0.134. The Labute approximate surface area is 134 Å². The lowest BCUT2D eigenvalue weighted by molar-refractivity contribution is 0.235. The monoisotopic (exact) mass is 359 g/mol. The third-order valence-electron chi connectivity index (χ3n) is 3.32. The van der Waals surface area contributed by atoms with E-state index >= 15 is 0 Å². The molecule has 0 radical (unpaired) electrons. The van der Waals surface area contributed by atoms with Crippen molar-refractivity contribution < 1.29 is 5.11 Å². The number of nitrogens with zero attached hydrogens (tertiary/aromatic N) is 2. The van der Waals surface area contributed by atoms with Gasteiger partial charge < -0.3 is 10.4 Å². The molecule has 1 atom stereocenters. The molecule has 5 nitrogen and oxygen atoms in total. The summed E-state index contributed by atoms with van der Waals surface area (Å²) < 4.78 is 1.96. The quantitative estimate of drug-likeness (QED) is 0.819. The molecule has 0 saturated heterocycles. The van der Waals surface area contributed by atoms with E-state index < -0.39 is 0 Å². The van der Waals surface area contributed by atoms with Gasteiger partial charge in [-0.3, -0.25) is 4.79 Å². The third kappa shape index (κ3) is 5.11. The number of anilines is 1. The Morgan fingerprint density at radius 1 is 1.43 bits per heavy atom. The number of aromatic nitrogens is 2. The maximum absolute atomic E-state index is 12.3. The molecule has 2 N–H and O–H groups in total. The van der Waals surface area contributed by atoms with E-state index in [0.717, 1.165) is 0 Å². The summed E-state index contributed by atoms with van der Waals surface area (Å²) in [6, 6.07) is 0.0564. The highest BCUT2D eigenvalue weighted by Crippen LogP contribution is 2.27. The van der Waals surface area contributed by atoms with Crippen LogP contribution in [-0.2, 0) is 6.54 Å². The summed E-state index contributed by atoms with van der Waals surface area (Å²) in [5.74, 6) is 0.359. The zero-order valence-corrected chi connectivity index (χ0v) is 15.1. The minimum Gasteiger partial charge on any atom is -0.396 e. The van der Waals surface area contributed by atoms with Gasteiger partial charge in [-0.05, 0) is 33.7 Å². The van der Waals surface area contributed by atoms with Crippen LogP contribution in [0.25, 0.3) is 0 Å². The summed E-state index contributed by atoms with van der Waals surface area (Å²) in [6.07, 6.45) is 2.29. The Bertz CT molecular complexity index is 521. The van der Waals surface area contributed by atoms with Gasteiger partial charge in [-0.25, -0.2) is 4.68 Å². The molecule has 0 bridgehead atoms. The number of hydrogen-bond acceptors (Lipinski definition) is 4.